The summed E-state index contributed by atoms with van der Waals surface area (Å²) in [5.74, 6) is 0.751. The van der Waals surface area contributed by atoms with Crippen molar-refractivity contribution in [1.82, 2.24) is 24.4 Å². The second-order valence-electron chi connectivity index (χ2n) is 7.98. The van der Waals surface area contributed by atoms with Gasteiger partial charge in [-0.3, -0.25) is 9.69 Å². The molecule has 7 heteroatoms. The van der Waals surface area contributed by atoms with Crippen molar-refractivity contribution in [2.45, 2.75) is 6.42 Å². The van der Waals surface area contributed by atoms with Crippen molar-refractivity contribution >= 4 is 11.4 Å². The van der Waals surface area contributed by atoms with Crippen LogP contribution in [0, 0.1) is 0 Å². The second-order valence-corrected chi connectivity index (χ2v) is 7.98. The summed E-state index contributed by atoms with van der Waals surface area (Å²) in [4.78, 5) is 14.9. The summed E-state index contributed by atoms with van der Waals surface area (Å²) in [6.45, 7) is 5.14. The number of hydrogen-bond donors (Lipinski definition) is 1. The first-order valence-electron chi connectivity index (χ1n) is 11.1. The predicted molar refractivity (Wildman–Crippen MR) is 124 cm³/mol. The molecule has 1 saturated heterocycles. The summed E-state index contributed by atoms with van der Waals surface area (Å²) < 4.78 is 9.22. The molecule has 1 aromatic carbocycles. The standard InChI is InChI=1S/C25H27N5O2/c31-25(26-12-4-13-28-15-17-32-18-16-28)23-11-14-30(27-23)24-10-9-22-8-7-21(19-29(22)24)20-5-2-1-3-6-20/h1-3,5-11,14,19H,4,12-13,15-18H2,(H,26,31). The second kappa shape index (κ2) is 9.38. The lowest BCUT2D eigenvalue weighted by Gasteiger charge is -2.26. The molecule has 0 radical (unpaired) electrons. The van der Waals surface area contributed by atoms with Gasteiger partial charge in [-0.15, -0.1) is 0 Å². The molecule has 0 unspecified atom stereocenters. The van der Waals surface area contributed by atoms with E-state index in [9.17, 15) is 4.79 Å². The van der Waals surface area contributed by atoms with E-state index < -0.39 is 0 Å². The Morgan fingerprint density at radius 3 is 2.62 bits per heavy atom. The molecular weight excluding hydrogens is 402 g/mol. The van der Waals surface area contributed by atoms with E-state index in [1.54, 1.807) is 10.7 Å². The van der Waals surface area contributed by atoms with Crippen molar-refractivity contribution in [3.05, 3.63) is 78.8 Å². The molecule has 164 valence electrons. The summed E-state index contributed by atoms with van der Waals surface area (Å²) in [7, 11) is 0. The fourth-order valence-electron chi connectivity index (χ4n) is 4.07. The molecule has 1 aliphatic heterocycles. The molecule has 1 aliphatic rings. The Morgan fingerprint density at radius 2 is 1.78 bits per heavy atom. The number of morpholine rings is 1. The van der Waals surface area contributed by atoms with Crippen LogP contribution in [0.1, 0.15) is 16.9 Å². The molecule has 5 rings (SSSR count). The average Bonchev–Trinajstić information content (AvgIpc) is 3.50. The van der Waals surface area contributed by atoms with Crippen molar-refractivity contribution in [3.63, 3.8) is 0 Å². The number of ether oxygens (including phenoxy) is 1. The summed E-state index contributed by atoms with van der Waals surface area (Å²) >= 11 is 0. The van der Waals surface area contributed by atoms with Gasteiger partial charge in [-0.1, -0.05) is 36.4 Å². The lowest BCUT2D eigenvalue weighted by molar-refractivity contribution is 0.0374. The van der Waals surface area contributed by atoms with Gasteiger partial charge in [0.1, 0.15) is 5.82 Å². The number of aromatic nitrogens is 3. The number of carbonyl (C=O) groups is 1. The summed E-state index contributed by atoms with van der Waals surface area (Å²) in [6, 6.07) is 20.3. The van der Waals surface area contributed by atoms with E-state index in [1.807, 2.05) is 30.5 Å². The van der Waals surface area contributed by atoms with Gasteiger partial charge in [-0.2, -0.15) is 5.10 Å². The number of nitrogens with one attached hydrogen (secondary N) is 1. The fourth-order valence-corrected chi connectivity index (χ4v) is 4.07. The number of benzene rings is 1. The number of rotatable bonds is 7. The zero-order valence-electron chi connectivity index (χ0n) is 18.0. The number of fused-ring (bicyclic) bond motifs is 1. The van der Waals surface area contributed by atoms with Crippen molar-refractivity contribution in [3.8, 4) is 16.9 Å². The van der Waals surface area contributed by atoms with E-state index in [0.717, 1.165) is 61.7 Å². The molecule has 1 fully saturated rings. The molecule has 1 amide bonds. The van der Waals surface area contributed by atoms with Crippen molar-refractivity contribution in [2.24, 2.45) is 0 Å². The molecular formula is C25H27N5O2. The topological polar surface area (TPSA) is 63.8 Å². The smallest absolute Gasteiger partial charge is 0.271 e. The first-order valence-corrected chi connectivity index (χ1v) is 11.1. The lowest BCUT2D eigenvalue weighted by atomic mass is 10.1. The van der Waals surface area contributed by atoms with Gasteiger partial charge in [-0.25, -0.2) is 4.68 Å². The zero-order chi connectivity index (χ0) is 21.8. The molecule has 0 saturated carbocycles. The minimum Gasteiger partial charge on any atom is -0.379 e. The Balaban J connectivity index is 1.26. The lowest BCUT2D eigenvalue weighted by Crippen LogP contribution is -2.38. The molecule has 4 heterocycles. The van der Waals surface area contributed by atoms with Gasteiger partial charge in [0.15, 0.2) is 5.69 Å². The summed E-state index contributed by atoms with van der Waals surface area (Å²) in [5.41, 5.74) is 3.78. The fraction of sp³-hybridized carbons (Fsp3) is 0.280. The molecule has 1 N–H and O–H groups in total. The maximum atomic E-state index is 12.6. The maximum absolute atomic E-state index is 12.6. The largest absolute Gasteiger partial charge is 0.379 e. The van der Waals surface area contributed by atoms with E-state index in [2.05, 4.69) is 56.2 Å². The van der Waals surface area contributed by atoms with E-state index in [-0.39, 0.29) is 5.91 Å². The highest BCUT2D eigenvalue weighted by atomic mass is 16.5. The van der Waals surface area contributed by atoms with Crippen LogP contribution in [0.5, 0.6) is 0 Å². The SMILES string of the molecule is O=C(NCCCN1CCOCC1)c1ccn(-c2ccc3ccc(-c4ccccc4)cn23)n1. The average molecular weight is 430 g/mol. The highest BCUT2D eigenvalue weighted by Crippen LogP contribution is 2.22. The third-order valence-corrected chi connectivity index (χ3v) is 5.83. The van der Waals surface area contributed by atoms with E-state index >= 15 is 0 Å². The number of nitrogens with zero attached hydrogens (tertiary/aromatic N) is 4. The molecule has 0 spiro atoms. The first kappa shape index (κ1) is 20.5. The number of amides is 1. The van der Waals surface area contributed by atoms with E-state index in [4.69, 9.17) is 4.74 Å². The predicted octanol–water partition coefficient (Wildman–Crippen LogP) is 3.24. The molecule has 7 nitrogen and oxygen atoms in total. The number of pyridine rings is 1. The zero-order valence-corrected chi connectivity index (χ0v) is 18.0. The Bertz CT molecular complexity index is 1190. The van der Waals surface area contributed by atoms with Crippen LogP contribution in [-0.2, 0) is 4.74 Å². The molecule has 3 aromatic heterocycles. The van der Waals surface area contributed by atoms with Crippen LogP contribution in [-0.4, -0.2) is 64.4 Å². The van der Waals surface area contributed by atoms with Gasteiger partial charge in [0.2, 0.25) is 0 Å². The quantitative estimate of drug-likeness (QED) is 0.458. The van der Waals surface area contributed by atoms with Crippen LogP contribution in [0.15, 0.2) is 73.1 Å². The molecule has 0 aliphatic carbocycles. The van der Waals surface area contributed by atoms with Gasteiger partial charge in [-0.05, 0) is 48.4 Å². The van der Waals surface area contributed by atoms with Gasteiger partial charge in [0.05, 0.1) is 13.2 Å². The maximum Gasteiger partial charge on any atom is 0.271 e. The van der Waals surface area contributed by atoms with E-state index in [1.165, 1.54) is 0 Å². The highest BCUT2D eigenvalue weighted by molar-refractivity contribution is 5.92. The minimum absolute atomic E-state index is 0.142. The molecule has 0 atom stereocenters. The Hall–Kier alpha value is -3.42. The first-order chi connectivity index (χ1) is 15.8. The van der Waals surface area contributed by atoms with Crippen LogP contribution in [0.3, 0.4) is 0 Å². The number of hydrogen-bond acceptors (Lipinski definition) is 4. The van der Waals surface area contributed by atoms with Crippen LogP contribution in [0.4, 0.5) is 0 Å². The normalized spacial score (nSPS) is 14.6. The molecule has 4 aromatic rings. The van der Waals surface area contributed by atoms with Crippen molar-refractivity contribution < 1.29 is 9.53 Å². The van der Waals surface area contributed by atoms with Crippen molar-refractivity contribution in [2.75, 3.05) is 39.4 Å². The van der Waals surface area contributed by atoms with Crippen LogP contribution >= 0.6 is 0 Å². The van der Waals surface area contributed by atoms with Crippen molar-refractivity contribution in [1.29, 1.82) is 0 Å². The summed E-state index contributed by atoms with van der Waals surface area (Å²) in [5, 5.41) is 7.52. The molecule has 32 heavy (non-hydrogen) atoms. The van der Waals surface area contributed by atoms with Gasteiger partial charge < -0.3 is 14.5 Å². The summed E-state index contributed by atoms with van der Waals surface area (Å²) in [6.07, 6.45) is 4.85. The van der Waals surface area contributed by atoms with Crippen LogP contribution in [0.2, 0.25) is 0 Å². The van der Waals surface area contributed by atoms with Gasteiger partial charge >= 0.3 is 0 Å². The van der Waals surface area contributed by atoms with Crippen LogP contribution < -0.4 is 5.32 Å². The van der Waals surface area contributed by atoms with Gasteiger partial charge in [0.25, 0.3) is 5.91 Å². The highest BCUT2D eigenvalue weighted by Gasteiger charge is 2.13. The van der Waals surface area contributed by atoms with E-state index in [0.29, 0.717) is 12.2 Å². The van der Waals surface area contributed by atoms with Gasteiger partial charge in [0, 0.05) is 37.5 Å². The Morgan fingerprint density at radius 1 is 0.969 bits per heavy atom. The third-order valence-electron chi connectivity index (χ3n) is 5.83. The Labute approximate surface area is 187 Å². The minimum atomic E-state index is -0.142. The molecule has 0 bridgehead atoms. The van der Waals surface area contributed by atoms with Crippen LogP contribution in [0.25, 0.3) is 22.5 Å². The third kappa shape index (κ3) is 4.44. The monoisotopic (exact) mass is 429 g/mol. The number of carbonyl (C=O) groups excluding carboxylic acids is 1. The Kier molecular flexibility index (Phi) is 6.00.